The minimum atomic E-state index is 0.512. The third-order valence-electron chi connectivity index (χ3n) is 3.22. The fourth-order valence-corrected chi connectivity index (χ4v) is 3.62. The number of benzene rings is 1. The molecule has 2 nitrogen and oxygen atoms in total. The summed E-state index contributed by atoms with van der Waals surface area (Å²) in [4.78, 5) is 0. The molecule has 1 N–H and O–H groups in total. The van der Waals surface area contributed by atoms with E-state index in [0.29, 0.717) is 6.04 Å². The van der Waals surface area contributed by atoms with E-state index in [1.165, 1.54) is 21.4 Å². The van der Waals surface area contributed by atoms with Gasteiger partial charge in [-0.25, -0.2) is 0 Å². The van der Waals surface area contributed by atoms with Gasteiger partial charge >= 0.3 is 0 Å². The van der Waals surface area contributed by atoms with Crippen LogP contribution in [0.15, 0.2) is 16.6 Å². The van der Waals surface area contributed by atoms with Gasteiger partial charge in [0.15, 0.2) is 0 Å². The van der Waals surface area contributed by atoms with Crippen LogP contribution in [0.2, 0.25) is 0 Å². The molecule has 0 bridgehead atoms. The third kappa shape index (κ3) is 3.43. The van der Waals surface area contributed by atoms with E-state index in [9.17, 15) is 0 Å². The Labute approximate surface area is 122 Å². The summed E-state index contributed by atoms with van der Waals surface area (Å²) >= 11 is 5.58. The molecule has 0 aliphatic carbocycles. The fraction of sp³-hybridized carbons (Fsp3) is 0.571. The average molecular weight is 330 g/mol. The number of hydrogen-bond acceptors (Lipinski definition) is 3. The normalized spacial score (nSPS) is 15.3. The Balaban J connectivity index is 2.12. The minimum absolute atomic E-state index is 0.512. The van der Waals surface area contributed by atoms with E-state index >= 15 is 0 Å². The third-order valence-corrected chi connectivity index (χ3v) is 4.73. The molecule has 1 atom stereocenters. The van der Waals surface area contributed by atoms with Gasteiger partial charge in [-0.15, -0.1) is 0 Å². The average Bonchev–Trinajstić information content (AvgIpc) is 2.82. The quantitative estimate of drug-likeness (QED) is 0.865. The van der Waals surface area contributed by atoms with Crippen molar-refractivity contribution in [2.45, 2.75) is 25.8 Å². The first kappa shape index (κ1) is 14.2. The largest absolute Gasteiger partial charge is 0.493 e. The first-order chi connectivity index (χ1) is 8.74. The standard InChI is InChI=1S/C14H20BrNOS/c1-3-18-9-13(16-2)8-11-7-12(15)6-10-4-5-17-14(10)11/h6-7,13,16H,3-5,8-9H2,1-2H3. The maximum atomic E-state index is 5.78. The van der Waals surface area contributed by atoms with Crippen LogP contribution in [0, 0.1) is 0 Å². The zero-order chi connectivity index (χ0) is 13.0. The lowest BCUT2D eigenvalue weighted by Gasteiger charge is -2.17. The smallest absolute Gasteiger partial charge is 0.125 e. The van der Waals surface area contributed by atoms with E-state index in [2.05, 4.69) is 40.3 Å². The molecule has 0 fully saturated rings. The highest BCUT2D eigenvalue weighted by Crippen LogP contribution is 2.33. The molecule has 0 spiro atoms. The van der Waals surface area contributed by atoms with Crippen molar-refractivity contribution in [3.8, 4) is 5.75 Å². The molecule has 1 heterocycles. The molecule has 4 heteroatoms. The minimum Gasteiger partial charge on any atom is -0.493 e. The highest BCUT2D eigenvalue weighted by atomic mass is 79.9. The topological polar surface area (TPSA) is 21.3 Å². The van der Waals surface area contributed by atoms with Crippen molar-refractivity contribution in [3.63, 3.8) is 0 Å². The lowest BCUT2D eigenvalue weighted by Crippen LogP contribution is -2.30. The maximum absolute atomic E-state index is 5.78. The van der Waals surface area contributed by atoms with Crippen molar-refractivity contribution in [3.05, 3.63) is 27.7 Å². The van der Waals surface area contributed by atoms with Crippen LogP contribution in [-0.4, -0.2) is 31.2 Å². The molecule has 0 aromatic heterocycles. The van der Waals surface area contributed by atoms with Crippen molar-refractivity contribution in [1.29, 1.82) is 0 Å². The molecule has 2 rings (SSSR count). The van der Waals surface area contributed by atoms with Gasteiger partial charge in [-0.3, -0.25) is 0 Å². The number of rotatable bonds is 6. The van der Waals surface area contributed by atoms with Crippen molar-refractivity contribution < 1.29 is 4.74 Å². The van der Waals surface area contributed by atoms with Gasteiger partial charge in [-0.05, 0) is 42.5 Å². The van der Waals surface area contributed by atoms with Crippen LogP contribution in [0.25, 0.3) is 0 Å². The zero-order valence-electron chi connectivity index (χ0n) is 11.0. The number of hydrogen-bond donors (Lipinski definition) is 1. The monoisotopic (exact) mass is 329 g/mol. The van der Waals surface area contributed by atoms with E-state index in [0.717, 1.165) is 31.0 Å². The summed E-state index contributed by atoms with van der Waals surface area (Å²) in [6.45, 7) is 3.03. The zero-order valence-corrected chi connectivity index (χ0v) is 13.4. The molecule has 0 amide bonds. The summed E-state index contributed by atoms with van der Waals surface area (Å²) in [5, 5.41) is 3.40. The number of nitrogens with one attached hydrogen (secondary N) is 1. The molecule has 1 aromatic rings. The van der Waals surface area contributed by atoms with E-state index in [1.54, 1.807) is 0 Å². The fourth-order valence-electron chi connectivity index (χ4n) is 2.27. The van der Waals surface area contributed by atoms with Crippen LogP contribution in [0.4, 0.5) is 0 Å². The van der Waals surface area contributed by atoms with Crippen LogP contribution in [0.5, 0.6) is 5.75 Å². The summed E-state index contributed by atoms with van der Waals surface area (Å²) in [5.74, 6) is 3.44. The van der Waals surface area contributed by atoms with Crippen molar-refractivity contribution in [2.75, 3.05) is 25.2 Å². The molecule has 18 heavy (non-hydrogen) atoms. The summed E-state index contributed by atoms with van der Waals surface area (Å²) in [6.07, 6.45) is 2.07. The van der Waals surface area contributed by atoms with Gasteiger partial charge in [0.1, 0.15) is 5.75 Å². The number of ether oxygens (including phenoxy) is 1. The molecular formula is C14H20BrNOS. The van der Waals surface area contributed by atoms with E-state index in [-0.39, 0.29) is 0 Å². The van der Waals surface area contributed by atoms with Crippen molar-refractivity contribution in [1.82, 2.24) is 5.32 Å². The van der Waals surface area contributed by atoms with E-state index < -0.39 is 0 Å². The van der Waals surface area contributed by atoms with Gasteiger partial charge in [0.25, 0.3) is 0 Å². The van der Waals surface area contributed by atoms with Crippen LogP contribution in [0.1, 0.15) is 18.1 Å². The predicted molar refractivity (Wildman–Crippen MR) is 82.9 cm³/mol. The lowest BCUT2D eigenvalue weighted by molar-refractivity contribution is 0.352. The van der Waals surface area contributed by atoms with E-state index in [4.69, 9.17) is 4.74 Å². The Morgan fingerprint density at radius 1 is 1.50 bits per heavy atom. The SMILES string of the molecule is CCSCC(Cc1cc(Br)cc2c1OCC2)NC. The second-order valence-electron chi connectivity index (χ2n) is 4.50. The summed E-state index contributed by atoms with van der Waals surface area (Å²) in [5.41, 5.74) is 2.67. The number of halogens is 1. The number of fused-ring (bicyclic) bond motifs is 1. The highest BCUT2D eigenvalue weighted by Gasteiger charge is 2.19. The number of likely N-dealkylation sites (N-methyl/N-ethyl adjacent to an activating group) is 1. The molecule has 0 saturated carbocycles. The molecule has 1 aliphatic heterocycles. The van der Waals surface area contributed by atoms with Crippen molar-refractivity contribution >= 4 is 27.7 Å². The van der Waals surface area contributed by atoms with Gasteiger partial charge in [-0.2, -0.15) is 11.8 Å². The predicted octanol–water partition coefficient (Wildman–Crippen LogP) is 3.27. The van der Waals surface area contributed by atoms with Crippen LogP contribution >= 0.6 is 27.7 Å². The van der Waals surface area contributed by atoms with Gasteiger partial charge in [0, 0.05) is 22.7 Å². The lowest BCUT2D eigenvalue weighted by atomic mass is 10.0. The van der Waals surface area contributed by atoms with Crippen molar-refractivity contribution in [2.24, 2.45) is 0 Å². The first-order valence-corrected chi connectivity index (χ1v) is 8.38. The Bertz CT molecular complexity index is 411. The van der Waals surface area contributed by atoms with Gasteiger partial charge in [0.05, 0.1) is 6.61 Å². The number of thioether (sulfide) groups is 1. The second kappa shape index (κ2) is 6.83. The Morgan fingerprint density at radius 3 is 3.06 bits per heavy atom. The molecule has 0 saturated heterocycles. The summed E-state index contributed by atoms with van der Waals surface area (Å²) in [6, 6.07) is 4.89. The van der Waals surface area contributed by atoms with Gasteiger partial charge in [0.2, 0.25) is 0 Å². The molecule has 100 valence electrons. The first-order valence-electron chi connectivity index (χ1n) is 6.43. The van der Waals surface area contributed by atoms with E-state index in [1.807, 2.05) is 18.8 Å². The molecule has 1 aliphatic rings. The van der Waals surface area contributed by atoms with Crippen LogP contribution < -0.4 is 10.1 Å². The molecular weight excluding hydrogens is 310 g/mol. The van der Waals surface area contributed by atoms with Crippen LogP contribution in [0.3, 0.4) is 0 Å². The Morgan fingerprint density at radius 2 is 2.33 bits per heavy atom. The summed E-state index contributed by atoms with van der Waals surface area (Å²) in [7, 11) is 2.04. The Hall–Kier alpha value is -0.190. The maximum Gasteiger partial charge on any atom is 0.125 e. The molecule has 1 aromatic carbocycles. The molecule has 1 unspecified atom stereocenters. The molecule has 0 radical (unpaired) electrons. The van der Waals surface area contributed by atoms with Gasteiger partial charge in [-0.1, -0.05) is 22.9 Å². The highest BCUT2D eigenvalue weighted by molar-refractivity contribution is 9.10. The van der Waals surface area contributed by atoms with Crippen LogP contribution in [-0.2, 0) is 12.8 Å². The second-order valence-corrected chi connectivity index (χ2v) is 6.74. The Kier molecular flexibility index (Phi) is 5.39. The van der Waals surface area contributed by atoms with Gasteiger partial charge < -0.3 is 10.1 Å². The summed E-state index contributed by atoms with van der Waals surface area (Å²) < 4.78 is 6.95.